The predicted octanol–water partition coefficient (Wildman–Crippen LogP) is 0.847. The van der Waals surface area contributed by atoms with Gasteiger partial charge in [-0.25, -0.2) is 5.01 Å². The molecule has 3 rings (SSSR count). The van der Waals surface area contributed by atoms with Crippen molar-refractivity contribution >= 4 is 22.8 Å². The normalized spacial score (nSPS) is 38.3. The summed E-state index contributed by atoms with van der Waals surface area (Å²) in [5.74, 6) is 1.10. The molecule has 0 aromatic carbocycles. The molecule has 0 aromatic rings. The topological polar surface area (TPSA) is 56.7 Å². The van der Waals surface area contributed by atoms with Gasteiger partial charge in [0, 0.05) is 0 Å². The van der Waals surface area contributed by atoms with E-state index in [0.717, 1.165) is 11.6 Å². The van der Waals surface area contributed by atoms with E-state index in [4.69, 9.17) is 0 Å². The highest BCUT2D eigenvalue weighted by Crippen LogP contribution is 2.35. The van der Waals surface area contributed by atoms with Crippen LogP contribution in [0.1, 0.15) is 32.6 Å². The lowest BCUT2D eigenvalue weighted by Gasteiger charge is -2.47. The summed E-state index contributed by atoms with van der Waals surface area (Å²) in [6.45, 7) is 2.22. The second kappa shape index (κ2) is 3.63. The number of rotatable bonds is 0. The van der Waals surface area contributed by atoms with Crippen LogP contribution in [0.2, 0.25) is 0 Å². The van der Waals surface area contributed by atoms with Gasteiger partial charge in [0.15, 0.2) is 0 Å². The predicted molar refractivity (Wildman–Crippen MR) is 63.4 cm³/mol. The number of carbonyl (C=O) groups is 1. The maximum atomic E-state index is 11.7. The first kappa shape index (κ1) is 10.4. The Hall–Kier alpha value is -0.750. The van der Waals surface area contributed by atoms with Crippen molar-refractivity contribution < 1.29 is 4.79 Å². The molecule has 1 spiro atoms. The van der Waals surface area contributed by atoms with E-state index in [-0.39, 0.29) is 11.6 Å². The quantitative estimate of drug-likeness (QED) is 0.659. The van der Waals surface area contributed by atoms with Crippen LogP contribution in [0, 0.1) is 5.92 Å². The van der Waals surface area contributed by atoms with E-state index in [9.17, 15) is 4.79 Å². The number of fused-ring (bicyclic) bond motifs is 1. The van der Waals surface area contributed by atoms with Gasteiger partial charge in [-0.3, -0.25) is 10.2 Å². The zero-order chi connectivity index (χ0) is 11.2. The molecule has 0 unspecified atom stereocenters. The van der Waals surface area contributed by atoms with Crippen molar-refractivity contribution in [2.45, 2.75) is 38.3 Å². The minimum atomic E-state index is -0.206. The summed E-state index contributed by atoms with van der Waals surface area (Å²) < 4.78 is 0. The van der Waals surface area contributed by atoms with Crippen LogP contribution in [-0.4, -0.2) is 27.5 Å². The Labute approximate surface area is 99.0 Å². The van der Waals surface area contributed by atoms with Gasteiger partial charge in [-0.1, -0.05) is 25.1 Å². The molecule has 1 saturated carbocycles. The zero-order valence-electron chi connectivity index (χ0n) is 9.32. The molecular formula is C10H16N4OS. The van der Waals surface area contributed by atoms with Crippen LogP contribution in [0.15, 0.2) is 5.10 Å². The monoisotopic (exact) mass is 240 g/mol. The molecule has 6 heteroatoms. The molecule has 0 bridgehead atoms. The molecule has 16 heavy (non-hydrogen) atoms. The van der Waals surface area contributed by atoms with Gasteiger partial charge in [0.2, 0.25) is 5.17 Å². The molecule has 2 heterocycles. The number of amides is 1. The van der Waals surface area contributed by atoms with Crippen molar-refractivity contribution in [3.63, 3.8) is 0 Å². The lowest BCUT2D eigenvalue weighted by Crippen LogP contribution is -2.69. The Balaban J connectivity index is 1.87. The summed E-state index contributed by atoms with van der Waals surface area (Å²) in [7, 11) is 0. The van der Waals surface area contributed by atoms with E-state index in [1.54, 1.807) is 5.01 Å². The van der Waals surface area contributed by atoms with Gasteiger partial charge in [-0.2, -0.15) is 10.5 Å². The highest BCUT2D eigenvalue weighted by molar-refractivity contribution is 8.15. The van der Waals surface area contributed by atoms with Crippen molar-refractivity contribution in [1.82, 2.24) is 15.9 Å². The smallest absolute Gasteiger partial charge is 0.253 e. The lowest BCUT2D eigenvalue weighted by molar-refractivity contribution is -0.130. The maximum absolute atomic E-state index is 11.7. The van der Waals surface area contributed by atoms with Crippen LogP contribution in [-0.2, 0) is 4.79 Å². The molecule has 88 valence electrons. The molecule has 2 aliphatic heterocycles. The SMILES string of the molecule is C[C@H]1CCCC[C@]12NN=C1SCC(=O)N1N2. The van der Waals surface area contributed by atoms with Crippen molar-refractivity contribution in [1.29, 1.82) is 0 Å². The third kappa shape index (κ3) is 1.43. The molecule has 2 atom stereocenters. The Kier molecular flexibility index (Phi) is 2.36. The molecule has 0 radical (unpaired) electrons. The first-order valence-corrected chi connectivity index (χ1v) is 6.78. The van der Waals surface area contributed by atoms with Crippen molar-refractivity contribution in [3.05, 3.63) is 0 Å². The van der Waals surface area contributed by atoms with E-state index < -0.39 is 0 Å². The van der Waals surface area contributed by atoms with Crippen molar-refractivity contribution in [3.8, 4) is 0 Å². The van der Waals surface area contributed by atoms with Crippen molar-refractivity contribution in [2.24, 2.45) is 11.0 Å². The lowest BCUT2D eigenvalue weighted by atomic mass is 9.80. The third-order valence-corrected chi connectivity index (χ3v) is 4.65. The highest BCUT2D eigenvalue weighted by atomic mass is 32.2. The van der Waals surface area contributed by atoms with Crippen LogP contribution in [0.25, 0.3) is 0 Å². The maximum Gasteiger partial charge on any atom is 0.253 e. The fourth-order valence-electron chi connectivity index (χ4n) is 2.61. The summed E-state index contributed by atoms with van der Waals surface area (Å²) in [5, 5.41) is 6.73. The van der Waals surface area contributed by atoms with Gasteiger partial charge >= 0.3 is 0 Å². The zero-order valence-corrected chi connectivity index (χ0v) is 10.1. The highest BCUT2D eigenvalue weighted by Gasteiger charge is 2.45. The Morgan fingerprint density at radius 2 is 2.44 bits per heavy atom. The second-order valence-electron chi connectivity index (χ2n) is 4.75. The van der Waals surface area contributed by atoms with E-state index in [2.05, 4.69) is 22.9 Å². The molecule has 3 aliphatic rings. The van der Waals surface area contributed by atoms with Gasteiger partial charge < -0.3 is 0 Å². The minimum absolute atomic E-state index is 0.113. The average Bonchev–Trinajstić information content (AvgIpc) is 2.65. The number of thioether (sulfide) groups is 1. The minimum Gasteiger partial charge on any atom is -0.285 e. The molecule has 2 N–H and O–H groups in total. The van der Waals surface area contributed by atoms with E-state index in [1.807, 2.05) is 0 Å². The van der Waals surface area contributed by atoms with Gasteiger partial charge in [0.1, 0.15) is 5.66 Å². The molecule has 1 saturated heterocycles. The van der Waals surface area contributed by atoms with Gasteiger partial charge in [-0.15, -0.1) is 0 Å². The number of nitrogens with one attached hydrogen (secondary N) is 2. The van der Waals surface area contributed by atoms with Crippen LogP contribution >= 0.6 is 11.8 Å². The average molecular weight is 240 g/mol. The van der Waals surface area contributed by atoms with E-state index in [0.29, 0.717) is 11.7 Å². The van der Waals surface area contributed by atoms with Crippen LogP contribution in [0.5, 0.6) is 0 Å². The first-order chi connectivity index (χ1) is 7.71. The number of amidine groups is 1. The van der Waals surface area contributed by atoms with E-state index in [1.165, 1.54) is 31.0 Å². The van der Waals surface area contributed by atoms with Crippen molar-refractivity contribution in [2.75, 3.05) is 5.75 Å². The second-order valence-corrected chi connectivity index (χ2v) is 5.70. The fraction of sp³-hybridized carbons (Fsp3) is 0.800. The summed E-state index contributed by atoms with van der Waals surface area (Å²) in [4.78, 5) is 11.7. The Morgan fingerprint density at radius 3 is 3.25 bits per heavy atom. The number of carbonyl (C=O) groups excluding carboxylic acids is 1. The van der Waals surface area contributed by atoms with Gasteiger partial charge in [-0.05, 0) is 25.2 Å². The summed E-state index contributed by atoms with van der Waals surface area (Å²) in [6.07, 6.45) is 4.66. The number of hydrogen-bond donors (Lipinski definition) is 2. The van der Waals surface area contributed by atoms with Crippen LogP contribution in [0.3, 0.4) is 0 Å². The molecule has 5 nitrogen and oxygen atoms in total. The number of hydrogen-bond acceptors (Lipinski definition) is 5. The number of nitrogens with zero attached hydrogens (tertiary/aromatic N) is 2. The number of hydrazine groups is 1. The molecular weight excluding hydrogens is 224 g/mol. The Bertz CT molecular complexity index is 359. The van der Waals surface area contributed by atoms with Crippen LogP contribution < -0.4 is 10.9 Å². The van der Waals surface area contributed by atoms with Gasteiger partial charge in [0.05, 0.1) is 5.75 Å². The fourth-order valence-corrected chi connectivity index (χ4v) is 3.37. The molecule has 2 fully saturated rings. The standard InChI is InChI=1S/C10H16N4OS/c1-7-4-2-3-5-10(7)12-11-9-14(13-10)8(15)6-16-9/h7,12-13H,2-6H2,1H3/t7-,10+/m0/s1. The first-order valence-electron chi connectivity index (χ1n) is 5.80. The molecule has 1 amide bonds. The van der Waals surface area contributed by atoms with Crippen LogP contribution in [0.4, 0.5) is 0 Å². The Morgan fingerprint density at radius 1 is 1.56 bits per heavy atom. The van der Waals surface area contributed by atoms with E-state index >= 15 is 0 Å². The van der Waals surface area contributed by atoms with Gasteiger partial charge in [0.25, 0.3) is 5.91 Å². The third-order valence-electron chi connectivity index (χ3n) is 3.73. The largest absolute Gasteiger partial charge is 0.285 e. The number of hydrazone groups is 1. The molecule has 0 aromatic heterocycles. The summed E-state index contributed by atoms with van der Waals surface area (Å²) in [5.41, 5.74) is 6.38. The summed E-state index contributed by atoms with van der Waals surface area (Å²) in [6, 6.07) is 0. The summed E-state index contributed by atoms with van der Waals surface area (Å²) >= 11 is 1.48. The molecule has 1 aliphatic carbocycles.